The average Bonchev–Trinajstić information content (AvgIpc) is 3.43. The van der Waals surface area contributed by atoms with Gasteiger partial charge in [-0.1, -0.05) is 6.58 Å². The Bertz CT molecular complexity index is 1800. The number of ketones is 2. The molecule has 1 aromatic rings. The number of rotatable bonds is 3. The number of Topliss-reactive ketones (excluding diaryl/α,β-unsaturated/α-hetero) is 2. The molecule has 0 N–H and O–H groups in total. The summed E-state index contributed by atoms with van der Waals surface area (Å²) in [5.74, 6) is -34.4. The predicted molar refractivity (Wildman–Crippen MR) is 113 cm³/mol. The van der Waals surface area contributed by atoms with Crippen LogP contribution in [0, 0.1) is 0 Å². The fourth-order valence-corrected chi connectivity index (χ4v) is 4.44. The second-order valence-electron chi connectivity index (χ2n) is 8.83. The van der Waals surface area contributed by atoms with Crippen LogP contribution in [0.15, 0.2) is 46.4 Å². The fourth-order valence-electron chi connectivity index (χ4n) is 4.44. The third kappa shape index (κ3) is 4.63. The lowest BCUT2D eigenvalue weighted by molar-refractivity contribution is -0.168. The predicted octanol–water partition coefficient (Wildman–Crippen LogP) is 4.25. The minimum atomic E-state index is -6.27. The number of hydrogen-bond donors (Lipinski definition) is 0. The highest BCUT2D eigenvalue weighted by molar-refractivity contribution is 6.06. The van der Waals surface area contributed by atoms with Crippen LogP contribution in [0.3, 0.4) is 0 Å². The molecule has 0 spiro atoms. The monoisotopic (exact) mass is 676 g/mol. The number of carbonyl (C=O) groups excluding carboxylic acids is 2. The van der Waals surface area contributed by atoms with Crippen molar-refractivity contribution in [3.63, 3.8) is 0 Å². The summed E-state index contributed by atoms with van der Waals surface area (Å²) in [5, 5.41) is -13.3. The third-order valence-corrected chi connectivity index (χ3v) is 6.31. The van der Waals surface area contributed by atoms with Crippen molar-refractivity contribution < 1.29 is 88.6 Å². The Morgan fingerprint density at radius 1 is 0.400 bits per heavy atom. The number of allylic oxidation sites excluding steroid dienone is 7. The van der Waals surface area contributed by atoms with Crippen LogP contribution in [0.4, 0.5) is 79.0 Å². The summed E-state index contributed by atoms with van der Waals surface area (Å²) in [5.41, 5.74) is -10.8. The van der Waals surface area contributed by atoms with Crippen molar-refractivity contribution in [3.8, 4) is 0 Å². The lowest BCUT2D eigenvalue weighted by Crippen LogP contribution is -2.64. The number of fused-ring (bicyclic) bond motifs is 6. The molecule has 0 bridgehead atoms. The molecule has 0 aliphatic heterocycles. The van der Waals surface area contributed by atoms with E-state index in [9.17, 15) is 62.3 Å². The Morgan fingerprint density at radius 2 is 0.600 bits per heavy atom. The summed E-state index contributed by atoms with van der Waals surface area (Å²) in [6.45, 7) is 2.15. The second-order valence-corrected chi connectivity index (χ2v) is 8.83. The van der Waals surface area contributed by atoms with Gasteiger partial charge in [0.1, 0.15) is 40.8 Å². The zero-order chi connectivity index (χ0) is 34.6. The van der Waals surface area contributed by atoms with Crippen LogP contribution in [0.1, 0.15) is 0 Å². The summed E-state index contributed by atoms with van der Waals surface area (Å²) in [7, 11) is 0. The van der Waals surface area contributed by atoms with Crippen molar-refractivity contribution in [1.29, 1.82) is 0 Å². The molecule has 0 amide bonds. The first kappa shape index (κ1) is 33.4. The van der Waals surface area contributed by atoms with Crippen LogP contribution in [-0.4, -0.2) is 30.1 Å². The molecule has 20 heteroatoms. The van der Waals surface area contributed by atoms with Crippen LogP contribution in [0.25, 0.3) is 35.0 Å². The van der Waals surface area contributed by atoms with Crippen molar-refractivity contribution >= 4 is 46.5 Å². The molecule has 0 aromatic heterocycles. The van der Waals surface area contributed by atoms with Crippen LogP contribution >= 0.6 is 0 Å². The van der Waals surface area contributed by atoms with E-state index >= 15 is 26.3 Å². The van der Waals surface area contributed by atoms with Crippen molar-refractivity contribution in [2.45, 2.75) is 18.5 Å². The van der Waals surface area contributed by atoms with Gasteiger partial charge in [-0.05, 0) is 0 Å². The molecule has 2 nitrogen and oxygen atoms in total. The number of carbonyl (C=O) groups is 2. The van der Waals surface area contributed by atoms with Crippen LogP contribution in [-0.2, 0) is 9.59 Å². The van der Waals surface area contributed by atoms with Crippen LogP contribution < -0.4 is 31.3 Å². The van der Waals surface area contributed by atoms with Gasteiger partial charge in [-0.3, -0.25) is 9.59 Å². The van der Waals surface area contributed by atoms with Gasteiger partial charge in [0.05, 0.1) is 22.3 Å². The molecule has 3 aliphatic carbocycles. The van der Waals surface area contributed by atoms with Gasteiger partial charge in [-0.15, -0.1) is 0 Å². The van der Waals surface area contributed by atoms with Gasteiger partial charge in [0, 0.05) is 31.3 Å². The SMILES string of the molecule is C=C(C(F)=C1C(F)=c2c(c3c(c4c2=C(F)/C(=C(/F)C(=O)C(F)(F)F)C=4F)=C(F)/C(=C(/F)C(=O)C(F)(F)F)C=3F)=C1F)C(F)(F)F. The van der Waals surface area contributed by atoms with E-state index in [4.69, 9.17) is 0 Å². The zero-order valence-electron chi connectivity index (χ0n) is 20.3. The molecule has 0 saturated heterocycles. The van der Waals surface area contributed by atoms with E-state index < -0.39 is 136 Å². The Hall–Kier alpha value is -4.52. The first-order valence-electron chi connectivity index (χ1n) is 10.9. The molecule has 1 aromatic carbocycles. The van der Waals surface area contributed by atoms with E-state index in [0.29, 0.717) is 0 Å². The van der Waals surface area contributed by atoms with Crippen molar-refractivity contribution in [2.75, 3.05) is 0 Å². The van der Waals surface area contributed by atoms with E-state index in [1.807, 2.05) is 0 Å². The highest BCUT2D eigenvalue weighted by Gasteiger charge is 2.47. The normalized spacial score (nSPS) is 20.1. The summed E-state index contributed by atoms with van der Waals surface area (Å²) < 4.78 is 252. The highest BCUT2D eigenvalue weighted by atomic mass is 19.4. The minimum Gasteiger partial charge on any atom is -0.281 e. The maximum Gasteiger partial charge on any atom is 0.457 e. The Balaban J connectivity index is 2.49. The minimum absolute atomic E-state index is 2.15. The van der Waals surface area contributed by atoms with E-state index in [1.165, 1.54) is 0 Å². The van der Waals surface area contributed by atoms with Crippen molar-refractivity contribution in [1.82, 2.24) is 0 Å². The molecule has 45 heavy (non-hydrogen) atoms. The van der Waals surface area contributed by atoms with E-state index in [-0.39, 0.29) is 0 Å². The molecule has 3 aliphatic rings. The van der Waals surface area contributed by atoms with Gasteiger partial charge in [-0.2, -0.15) is 39.5 Å². The molecule has 0 heterocycles. The molecule has 0 unspecified atom stereocenters. The van der Waals surface area contributed by atoms with Gasteiger partial charge in [-0.25, -0.2) is 39.5 Å². The van der Waals surface area contributed by atoms with E-state index in [2.05, 4.69) is 6.58 Å². The van der Waals surface area contributed by atoms with Gasteiger partial charge >= 0.3 is 18.5 Å². The largest absolute Gasteiger partial charge is 0.457 e. The summed E-state index contributed by atoms with van der Waals surface area (Å²) in [4.78, 5) is 22.7. The summed E-state index contributed by atoms with van der Waals surface area (Å²) >= 11 is 0. The molecule has 0 fully saturated rings. The van der Waals surface area contributed by atoms with Crippen molar-refractivity contribution in [3.05, 3.63) is 77.7 Å². The standard InChI is InChI=1S/C25H2F18O2/c1-2(23(35,36)37)12(26)9-13(27)3-4(14(9)28)6-8(18(32)11(16(6)30)20(34)22(45)25(41,42)43)7-5(3)15(29)10(17(7)31)19(33)21(44)24(38,39)40/h1H2/b12-9?,19-10-,20-11+. The molecule has 0 radical (unpaired) electrons. The zero-order valence-corrected chi connectivity index (χ0v) is 20.3. The number of alkyl halides is 9. The molecule has 4 rings (SSSR count). The number of hydrogen-bond acceptors (Lipinski definition) is 2. The third-order valence-electron chi connectivity index (χ3n) is 6.31. The smallest absolute Gasteiger partial charge is 0.281 e. The van der Waals surface area contributed by atoms with Gasteiger partial charge in [0.15, 0.2) is 11.7 Å². The first-order valence-corrected chi connectivity index (χ1v) is 10.9. The van der Waals surface area contributed by atoms with Crippen molar-refractivity contribution in [2.24, 2.45) is 0 Å². The summed E-state index contributed by atoms with van der Waals surface area (Å²) in [6, 6.07) is 0. The Morgan fingerprint density at radius 3 is 0.778 bits per heavy atom. The van der Waals surface area contributed by atoms with Gasteiger partial charge in [0.25, 0.3) is 11.6 Å². The first-order chi connectivity index (χ1) is 20.3. The maximum absolute atomic E-state index is 15.5. The molecular weight excluding hydrogens is 674 g/mol. The fraction of sp³-hybridized carbons (Fsp3) is 0.120. The molecular formula is C25H2F18O2. The lowest BCUT2D eigenvalue weighted by atomic mass is 10.1. The molecule has 0 saturated carbocycles. The quantitative estimate of drug-likeness (QED) is 0.355. The maximum atomic E-state index is 15.5. The number of benzene rings is 1. The van der Waals surface area contributed by atoms with E-state index in [0.717, 1.165) is 0 Å². The topological polar surface area (TPSA) is 34.1 Å². The van der Waals surface area contributed by atoms with Crippen LogP contribution in [0.5, 0.6) is 0 Å². The lowest BCUT2D eigenvalue weighted by Gasteiger charge is -2.09. The Labute approximate surface area is 232 Å². The molecule has 0 atom stereocenters. The molecule has 240 valence electrons. The van der Waals surface area contributed by atoms with E-state index in [1.54, 1.807) is 0 Å². The Kier molecular flexibility index (Phi) is 7.41. The van der Waals surface area contributed by atoms with Gasteiger partial charge < -0.3 is 0 Å². The van der Waals surface area contributed by atoms with Gasteiger partial charge in [0.2, 0.25) is 0 Å². The highest BCUT2D eigenvalue weighted by Crippen LogP contribution is 2.39. The number of halogens is 18. The summed E-state index contributed by atoms with van der Waals surface area (Å²) in [6.07, 6.45) is -18.4. The second kappa shape index (κ2) is 9.99. The van der Waals surface area contributed by atoms with Crippen LogP contribution in [0.2, 0.25) is 0 Å². The average molecular weight is 676 g/mol.